The molecule has 1 spiro atoms. The van der Waals surface area contributed by atoms with E-state index in [1.54, 1.807) is 0 Å². The van der Waals surface area contributed by atoms with Gasteiger partial charge in [0, 0.05) is 24.8 Å². The maximum absolute atomic E-state index is 4.50. The van der Waals surface area contributed by atoms with Gasteiger partial charge >= 0.3 is 0 Å². The highest BCUT2D eigenvalue weighted by Gasteiger charge is 2.39. The van der Waals surface area contributed by atoms with Crippen LogP contribution in [-0.4, -0.2) is 41.6 Å². The van der Waals surface area contributed by atoms with E-state index >= 15 is 0 Å². The molecule has 1 aromatic heterocycles. The summed E-state index contributed by atoms with van der Waals surface area (Å²) in [6.45, 7) is 11.9. The van der Waals surface area contributed by atoms with Gasteiger partial charge in [-0.15, -0.1) is 0 Å². The molecule has 1 aromatic rings. The Bertz CT molecular complexity index is 445. The normalized spacial score (nSPS) is 23.5. The molecule has 116 valence electrons. The zero-order valence-electron chi connectivity index (χ0n) is 13.8. The maximum atomic E-state index is 4.50. The van der Waals surface area contributed by atoms with E-state index in [1.165, 1.54) is 51.9 Å². The first-order chi connectivity index (χ1) is 9.99. The minimum atomic E-state index is 0.330. The Balaban J connectivity index is 1.57. The molecule has 21 heavy (non-hydrogen) atoms. The van der Waals surface area contributed by atoms with Gasteiger partial charge in [0.25, 0.3) is 0 Å². The summed E-state index contributed by atoms with van der Waals surface area (Å²) in [7, 11) is 0. The third kappa shape index (κ3) is 3.23. The van der Waals surface area contributed by atoms with Crippen molar-refractivity contribution in [1.82, 2.24) is 9.88 Å². The van der Waals surface area contributed by atoms with Crippen LogP contribution in [0.2, 0.25) is 0 Å². The molecule has 0 aromatic carbocycles. The lowest BCUT2D eigenvalue weighted by molar-refractivity contribution is 0.0293. The average Bonchev–Trinajstić information content (AvgIpc) is 2.48. The van der Waals surface area contributed by atoms with Gasteiger partial charge in [-0.2, -0.15) is 0 Å². The molecule has 3 heterocycles. The van der Waals surface area contributed by atoms with Crippen molar-refractivity contribution >= 4 is 5.82 Å². The Morgan fingerprint density at radius 2 is 1.57 bits per heavy atom. The highest BCUT2D eigenvalue weighted by Crippen LogP contribution is 2.42. The van der Waals surface area contributed by atoms with E-state index in [9.17, 15) is 0 Å². The van der Waals surface area contributed by atoms with Gasteiger partial charge in [-0.3, -0.25) is 4.90 Å². The first-order valence-corrected chi connectivity index (χ1v) is 8.40. The number of hydrogen-bond acceptors (Lipinski definition) is 3. The van der Waals surface area contributed by atoms with Crippen LogP contribution in [0.1, 0.15) is 46.5 Å². The number of pyridine rings is 1. The van der Waals surface area contributed by atoms with Gasteiger partial charge in [-0.05, 0) is 77.1 Å². The fourth-order valence-electron chi connectivity index (χ4n) is 3.90. The Morgan fingerprint density at radius 3 is 2.10 bits per heavy atom. The van der Waals surface area contributed by atoms with Crippen molar-refractivity contribution < 1.29 is 0 Å². The number of aromatic nitrogens is 1. The highest BCUT2D eigenvalue weighted by molar-refractivity contribution is 5.38. The van der Waals surface area contributed by atoms with Crippen LogP contribution in [0.4, 0.5) is 5.82 Å². The summed E-state index contributed by atoms with van der Waals surface area (Å²) in [4.78, 5) is 9.61. The van der Waals surface area contributed by atoms with Crippen LogP contribution < -0.4 is 4.90 Å². The quantitative estimate of drug-likeness (QED) is 0.787. The van der Waals surface area contributed by atoms with Crippen LogP contribution in [0.5, 0.6) is 0 Å². The van der Waals surface area contributed by atoms with Crippen molar-refractivity contribution in [3.63, 3.8) is 0 Å². The third-order valence-corrected chi connectivity index (χ3v) is 5.57. The standard InChI is InChI=1S/C18H29N3/c1-17(2,3)21-14-9-18(10-15-21)7-12-20(13-8-18)16-6-4-5-11-19-16/h4-6,11H,7-10,12-15H2,1-3H3. The van der Waals surface area contributed by atoms with Crippen molar-refractivity contribution in [3.05, 3.63) is 24.4 Å². The number of hydrogen-bond donors (Lipinski definition) is 0. The monoisotopic (exact) mass is 287 g/mol. The lowest BCUT2D eigenvalue weighted by Crippen LogP contribution is -2.51. The fourth-order valence-corrected chi connectivity index (χ4v) is 3.90. The van der Waals surface area contributed by atoms with Crippen LogP contribution in [0.3, 0.4) is 0 Å². The number of likely N-dealkylation sites (tertiary alicyclic amines) is 1. The second kappa shape index (κ2) is 5.60. The predicted molar refractivity (Wildman–Crippen MR) is 88.7 cm³/mol. The van der Waals surface area contributed by atoms with Crippen LogP contribution in [0.15, 0.2) is 24.4 Å². The van der Waals surface area contributed by atoms with E-state index in [-0.39, 0.29) is 0 Å². The summed E-state index contributed by atoms with van der Waals surface area (Å²) >= 11 is 0. The number of rotatable bonds is 1. The molecule has 0 bridgehead atoms. The minimum Gasteiger partial charge on any atom is -0.357 e. The van der Waals surface area contributed by atoms with Crippen molar-refractivity contribution in [1.29, 1.82) is 0 Å². The zero-order chi connectivity index (χ0) is 14.9. The zero-order valence-corrected chi connectivity index (χ0v) is 13.8. The van der Waals surface area contributed by atoms with Gasteiger partial charge in [-0.25, -0.2) is 4.98 Å². The van der Waals surface area contributed by atoms with Gasteiger partial charge in [0.05, 0.1) is 0 Å². The first kappa shape index (κ1) is 14.8. The molecule has 2 fully saturated rings. The Hall–Kier alpha value is -1.09. The molecule has 2 saturated heterocycles. The molecule has 3 nitrogen and oxygen atoms in total. The summed E-state index contributed by atoms with van der Waals surface area (Å²) in [5, 5.41) is 0. The molecular weight excluding hydrogens is 258 g/mol. The molecular formula is C18H29N3. The van der Waals surface area contributed by atoms with Crippen molar-refractivity contribution in [2.24, 2.45) is 5.41 Å². The van der Waals surface area contributed by atoms with Gasteiger partial charge in [0.2, 0.25) is 0 Å². The number of nitrogens with zero attached hydrogens (tertiary/aromatic N) is 3. The van der Waals surface area contributed by atoms with Crippen molar-refractivity contribution in [2.45, 2.75) is 52.0 Å². The fraction of sp³-hybridized carbons (Fsp3) is 0.722. The smallest absolute Gasteiger partial charge is 0.128 e. The Morgan fingerprint density at radius 1 is 0.952 bits per heavy atom. The number of anilines is 1. The molecule has 0 amide bonds. The molecule has 0 radical (unpaired) electrons. The van der Waals surface area contributed by atoms with Crippen LogP contribution in [0.25, 0.3) is 0 Å². The molecule has 0 aliphatic carbocycles. The summed E-state index contributed by atoms with van der Waals surface area (Å²) in [6, 6.07) is 6.23. The summed E-state index contributed by atoms with van der Waals surface area (Å²) in [5.74, 6) is 1.15. The second-order valence-electron chi connectivity index (χ2n) is 7.83. The number of piperidine rings is 2. The average molecular weight is 287 g/mol. The predicted octanol–water partition coefficient (Wildman–Crippen LogP) is 3.56. The van der Waals surface area contributed by atoms with E-state index in [1.807, 2.05) is 12.3 Å². The summed E-state index contributed by atoms with van der Waals surface area (Å²) in [5.41, 5.74) is 0.934. The van der Waals surface area contributed by atoms with E-state index in [0.29, 0.717) is 11.0 Å². The molecule has 0 N–H and O–H groups in total. The topological polar surface area (TPSA) is 19.4 Å². The molecule has 3 rings (SSSR count). The molecule has 0 atom stereocenters. The lowest BCUT2D eigenvalue weighted by Gasteiger charge is -2.50. The van der Waals surface area contributed by atoms with E-state index in [4.69, 9.17) is 0 Å². The lowest BCUT2D eigenvalue weighted by atomic mass is 9.70. The Labute approximate surface area is 129 Å². The van der Waals surface area contributed by atoms with E-state index < -0.39 is 0 Å². The Kier molecular flexibility index (Phi) is 3.96. The van der Waals surface area contributed by atoms with Gasteiger partial charge < -0.3 is 4.90 Å². The van der Waals surface area contributed by atoms with Gasteiger partial charge in [-0.1, -0.05) is 6.07 Å². The SMILES string of the molecule is CC(C)(C)N1CCC2(CCN(c3ccccn3)CC2)CC1. The first-order valence-electron chi connectivity index (χ1n) is 8.40. The van der Waals surface area contributed by atoms with E-state index in [0.717, 1.165) is 5.82 Å². The van der Waals surface area contributed by atoms with Crippen LogP contribution in [0, 0.1) is 5.41 Å². The maximum Gasteiger partial charge on any atom is 0.128 e. The summed E-state index contributed by atoms with van der Waals surface area (Å²) < 4.78 is 0. The van der Waals surface area contributed by atoms with Crippen LogP contribution in [-0.2, 0) is 0 Å². The highest BCUT2D eigenvalue weighted by atomic mass is 15.2. The largest absolute Gasteiger partial charge is 0.357 e. The van der Waals surface area contributed by atoms with Crippen molar-refractivity contribution in [2.75, 3.05) is 31.1 Å². The van der Waals surface area contributed by atoms with E-state index in [2.05, 4.69) is 47.7 Å². The summed E-state index contributed by atoms with van der Waals surface area (Å²) in [6.07, 6.45) is 7.32. The second-order valence-corrected chi connectivity index (χ2v) is 7.83. The van der Waals surface area contributed by atoms with Crippen molar-refractivity contribution in [3.8, 4) is 0 Å². The molecule has 2 aliphatic heterocycles. The van der Waals surface area contributed by atoms with Gasteiger partial charge in [0.15, 0.2) is 0 Å². The molecule has 2 aliphatic rings. The molecule has 3 heteroatoms. The molecule has 0 unspecified atom stereocenters. The van der Waals surface area contributed by atoms with Gasteiger partial charge in [0.1, 0.15) is 5.82 Å². The third-order valence-electron chi connectivity index (χ3n) is 5.57. The molecule has 0 saturated carbocycles. The minimum absolute atomic E-state index is 0.330. The van der Waals surface area contributed by atoms with Crippen LogP contribution >= 0.6 is 0 Å².